The van der Waals surface area contributed by atoms with Crippen LogP contribution in [0.15, 0.2) is 0 Å². The normalized spacial score (nSPS) is 23.7. The van der Waals surface area contributed by atoms with Crippen molar-refractivity contribution in [2.75, 3.05) is 13.1 Å². The van der Waals surface area contributed by atoms with Crippen LogP contribution in [0.25, 0.3) is 0 Å². The molecule has 2 atom stereocenters. The van der Waals surface area contributed by atoms with Gasteiger partial charge < -0.3 is 20.4 Å². The molecule has 1 aliphatic rings. The molecular weight excluding hydrogens is 236 g/mol. The number of nitrogens with one attached hydrogen (secondary N) is 1. The number of rotatable bonds is 6. The van der Waals surface area contributed by atoms with Crippen molar-refractivity contribution in [1.82, 2.24) is 10.2 Å². The molecule has 0 saturated carbocycles. The van der Waals surface area contributed by atoms with E-state index < -0.39 is 18.1 Å². The van der Waals surface area contributed by atoms with E-state index in [1.54, 1.807) is 0 Å². The topological polar surface area (TPSA) is 89.9 Å². The van der Waals surface area contributed by atoms with Crippen LogP contribution in [0.2, 0.25) is 0 Å². The zero-order chi connectivity index (χ0) is 13.7. The van der Waals surface area contributed by atoms with Gasteiger partial charge in [-0.1, -0.05) is 13.8 Å². The highest BCUT2D eigenvalue weighted by Crippen LogP contribution is 2.19. The third-order valence-electron chi connectivity index (χ3n) is 3.00. The average Bonchev–Trinajstić information content (AvgIpc) is 2.66. The summed E-state index contributed by atoms with van der Waals surface area (Å²) in [5.74, 6) is -1.23. The molecule has 1 amide bonds. The molecule has 1 rings (SSSR count). The molecule has 0 aliphatic carbocycles. The lowest BCUT2D eigenvalue weighted by Crippen LogP contribution is -2.40. The van der Waals surface area contributed by atoms with Crippen molar-refractivity contribution in [3.8, 4) is 0 Å². The molecule has 18 heavy (non-hydrogen) atoms. The molecule has 104 valence electrons. The van der Waals surface area contributed by atoms with Gasteiger partial charge in [0.15, 0.2) is 0 Å². The first kappa shape index (κ1) is 14.9. The van der Waals surface area contributed by atoms with Crippen molar-refractivity contribution in [3.05, 3.63) is 0 Å². The minimum atomic E-state index is -1.04. The molecule has 0 unspecified atom stereocenters. The van der Waals surface area contributed by atoms with Gasteiger partial charge in [0.1, 0.15) is 6.04 Å². The quantitative estimate of drug-likeness (QED) is 0.575. The van der Waals surface area contributed by atoms with Gasteiger partial charge >= 0.3 is 5.97 Å². The van der Waals surface area contributed by atoms with Crippen LogP contribution in [-0.4, -0.2) is 58.3 Å². The third kappa shape index (κ3) is 4.27. The number of β-amino-alcohol motifs (C(OH)–C–C–N with tert-alkyl or cyclic N) is 1. The monoisotopic (exact) mass is 258 g/mol. The number of aliphatic hydroxyl groups is 1. The van der Waals surface area contributed by atoms with Crippen molar-refractivity contribution >= 4 is 11.9 Å². The summed E-state index contributed by atoms with van der Waals surface area (Å²) in [4.78, 5) is 24.1. The summed E-state index contributed by atoms with van der Waals surface area (Å²) in [7, 11) is 0. The number of aliphatic hydroxyl groups excluding tert-OH is 1. The fourth-order valence-corrected chi connectivity index (χ4v) is 2.10. The number of nitrogens with zero attached hydrogens (tertiary/aromatic N) is 1. The summed E-state index contributed by atoms with van der Waals surface area (Å²) in [6.45, 7) is 4.92. The van der Waals surface area contributed by atoms with E-state index in [-0.39, 0.29) is 18.9 Å². The molecule has 0 spiro atoms. The predicted molar refractivity (Wildman–Crippen MR) is 66.1 cm³/mol. The second-order valence-corrected chi connectivity index (χ2v) is 5.00. The van der Waals surface area contributed by atoms with E-state index in [1.165, 1.54) is 4.90 Å². The molecule has 0 bridgehead atoms. The van der Waals surface area contributed by atoms with Gasteiger partial charge in [-0.3, -0.25) is 4.79 Å². The average molecular weight is 258 g/mol. The summed E-state index contributed by atoms with van der Waals surface area (Å²) < 4.78 is 0. The smallest absolute Gasteiger partial charge is 0.326 e. The van der Waals surface area contributed by atoms with E-state index in [4.69, 9.17) is 5.11 Å². The number of carboxylic acids is 1. The first-order valence-electron chi connectivity index (χ1n) is 6.35. The summed E-state index contributed by atoms with van der Waals surface area (Å²) in [5.41, 5.74) is 0. The molecule has 0 aromatic rings. The van der Waals surface area contributed by atoms with Crippen molar-refractivity contribution in [2.45, 2.75) is 51.3 Å². The van der Waals surface area contributed by atoms with E-state index in [0.29, 0.717) is 18.9 Å². The number of amides is 1. The van der Waals surface area contributed by atoms with Gasteiger partial charge in [-0.15, -0.1) is 0 Å². The third-order valence-corrected chi connectivity index (χ3v) is 3.00. The van der Waals surface area contributed by atoms with Gasteiger partial charge in [0.05, 0.1) is 6.10 Å². The zero-order valence-electron chi connectivity index (χ0n) is 10.9. The molecule has 3 N–H and O–H groups in total. The molecular formula is C12H22N2O4. The molecule has 1 fully saturated rings. The number of carbonyl (C=O) groups excluding carboxylic acids is 1. The van der Waals surface area contributed by atoms with Gasteiger partial charge in [0.25, 0.3) is 0 Å². The van der Waals surface area contributed by atoms with Crippen molar-refractivity contribution in [3.63, 3.8) is 0 Å². The highest BCUT2D eigenvalue weighted by atomic mass is 16.4. The van der Waals surface area contributed by atoms with Crippen LogP contribution < -0.4 is 5.32 Å². The molecule has 1 saturated heterocycles. The van der Waals surface area contributed by atoms with Crippen LogP contribution in [0.5, 0.6) is 0 Å². The van der Waals surface area contributed by atoms with Crippen LogP contribution in [0, 0.1) is 0 Å². The second-order valence-electron chi connectivity index (χ2n) is 5.00. The second kappa shape index (κ2) is 6.70. The van der Waals surface area contributed by atoms with Crippen LogP contribution in [0.1, 0.15) is 33.1 Å². The van der Waals surface area contributed by atoms with E-state index in [2.05, 4.69) is 5.32 Å². The molecule has 0 radical (unpaired) electrons. The van der Waals surface area contributed by atoms with Gasteiger partial charge in [-0.25, -0.2) is 4.79 Å². The lowest BCUT2D eigenvalue weighted by Gasteiger charge is -2.21. The van der Waals surface area contributed by atoms with Crippen molar-refractivity contribution in [1.29, 1.82) is 0 Å². The Morgan fingerprint density at radius 2 is 2.11 bits per heavy atom. The lowest BCUT2D eigenvalue weighted by molar-refractivity contribution is -0.148. The Bertz CT molecular complexity index is 306. The Morgan fingerprint density at radius 1 is 1.44 bits per heavy atom. The van der Waals surface area contributed by atoms with Crippen molar-refractivity contribution < 1.29 is 19.8 Å². The van der Waals surface area contributed by atoms with Gasteiger partial charge in [0.2, 0.25) is 5.91 Å². The Morgan fingerprint density at radius 3 is 2.67 bits per heavy atom. The number of carboxylic acid groups (broad SMARTS) is 1. The molecule has 6 heteroatoms. The first-order chi connectivity index (χ1) is 8.41. The molecule has 1 heterocycles. The highest BCUT2D eigenvalue weighted by Gasteiger charge is 2.38. The minimum absolute atomic E-state index is 0.130. The fraction of sp³-hybridized carbons (Fsp3) is 0.833. The van der Waals surface area contributed by atoms with E-state index >= 15 is 0 Å². The lowest BCUT2D eigenvalue weighted by atomic mass is 10.2. The number of hydrogen-bond acceptors (Lipinski definition) is 4. The summed E-state index contributed by atoms with van der Waals surface area (Å²) in [5, 5.41) is 21.6. The fourth-order valence-electron chi connectivity index (χ4n) is 2.10. The molecule has 1 aliphatic heterocycles. The van der Waals surface area contributed by atoms with E-state index in [0.717, 1.165) is 6.54 Å². The Hall–Kier alpha value is -1.14. The van der Waals surface area contributed by atoms with Gasteiger partial charge in [-0.05, 0) is 13.0 Å². The number of likely N-dealkylation sites (tertiary alicyclic amines) is 1. The van der Waals surface area contributed by atoms with E-state index in [1.807, 2.05) is 13.8 Å². The summed E-state index contributed by atoms with van der Waals surface area (Å²) in [6.07, 6.45) is 0.404. The largest absolute Gasteiger partial charge is 0.480 e. The van der Waals surface area contributed by atoms with E-state index in [9.17, 15) is 14.7 Å². The SMILES string of the molecule is CC(C)NCCCC(=O)N1C[C@H](O)C[C@H]1C(=O)O. The van der Waals surface area contributed by atoms with Crippen LogP contribution in [0.3, 0.4) is 0 Å². The first-order valence-corrected chi connectivity index (χ1v) is 6.35. The maximum Gasteiger partial charge on any atom is 0.326 e. The van der Waals surface area contributed by atoms with Gasteiger partial charge in [-0.2, -0.15) is 0 Å². The molecule has 0 aromatic carbocycles. The number of aliphatic carboxylic acids is 1. The molecule has 0 aromatic heterocycles. The maximum atomic E-state index is 11.9. The maximum absolute atomic E-state index is 11.9. The standard InChI is InChI=1S/C12H22N2O4/c1-8(2)13-5-3-4-11(16)14-7-9(15)6-10(14)12(17)18/h8-10,13,15H,3-7H2,1-2H3,(H,17,18)/t9-,10+/m1/s1. The van der Waals surface area contributed by atoms with Crippen LogP contribution >= 0.6 is 0 Å². The highest BCUT2D eigenvalue weighted by molar-refractivity contribution is 5.84. The summed E-state index contributed by atoms with van der Waals surface area (Å²) >= 11 is 0. The van der Waals surface area contributed by atoms with Crippen LogP contribution in [-0.2, 0) is 9.59 Å². The number of hydrogen-bond donors (Lipinski definition) is 3. The molecule has 6 nitrogen and oxygen atoms in total. The van der Waals surface area contributed by atoms with Gasteiger partial charge in [0, 0.05) is 25.4 Å². The number of carbonyl (C=O) groups is 2. The summed E-state index contributed by atoms with van der Waals surface area (Å²) in [6, 6.07) is -0.494. The Balaban J connectivity index is 2.38. The van der Waals surface area contributed by atoms with Crippen LogP contribution in [0.4, 0.5) is 0 Å². The Labute approximate surface area is 107 Å². The minimum Gasteiger partial charge on any atom is -0.480 e. The van der Waals surface area contributed by atoms with Crippen molar-refractivity contribution in [2.24, 2.45) is 0 Å². The zero-order valence-corrected chi connectivity index (χ0v) is 10.9. The Kier molecular flexibility index (Phi) is 5.55. The predicted octanol–water partition coefficient (Wildman–Crippen LogP) is -0.189.